The summed E-state index contributed by atoms with van der Waals surface area (Å²) in [6.45, 7) is 5.11. The van der Waals surface area contributed by atoms with Crippen LogP contribution < -0.4 is 0 Å². The van der Waals surface area contributed by atoms with Crippen molar-refractivity contribution in [2.45, 2.75) is 33.1 Å². The summed E-state index contributed by atoms with van der Waals surface area (Å²) in [5.74, 6) is 1.33. The summed E-state index contributed by atoms with van der Waals surface area (Å²) >= 11 is 0. The van der Waals surface area contributed by atoms with E-state index in [-0.39, 0.29) is 0 Å². The molecule has 2 heteroatoms. The van der Waals surface area contributed by atoms with Gasteiger partial charge in [0.15, 0.2) is 0 Å². The van der Waals surface area contributed by atoms with E-state index in [9.17, 15) is 0 Å². The predicted octanol–water partition coefficient (Wildman–Crippen LogP) is 1.41. The van der Waals surface area contributed by atoms with Crippen LogP contribution in [0.2, 0.25) is 0 Å². The summed E-state index contributed by atoms with van der Waals surface area (Å²) in [4.78, 5) is 0. The van der Waals surface area contributed by atoms with E-state index < -0.39 is 0 Å². The summed E-state index contributed by atoms with van der Waals surface area (Å²) in [6, 6.07) is 0. The monoisotopic (exact) mass is 172 g/mol. The average molecular weight is 172 g/mol. The van der Waals surface area contributed by atoms with E-state index in [0.717, 1.165) is 12.8 Å². The third kappa shape index (κ3) is 1.64. The molecular formula is C10H20O2. The van der Waals surface area contributed by atoms with Crippen LogP contribution in [0.3, 0.4) is 0 Å². The van der Waals surface area contributed by atoms with Gasteiger partial charge >= 0.3 is 0 Å². The second kappa shape index (κ2) is 3.75. The first-order valence-corrected chi connectivity index (χ1v) is 4.84. The van der Waals surface area contributed by atoms with Gasteiger partial charge in [-0.25, -0.2) is 0 Å². The Morgan fingerprint density at radius 2 is 1.50 bits per heavy atom. The molecule has 0 unspecified atom stereocenters. The van der Waals surface area contributed by atoms with Crippen molar-refractivity contribution in [1.82, 2.24) is 0 Å². The summed E-state index contributed by atoms with van der Waals surface area (Å²) in [6.07, 6.45) is 3.04. The highest BCUT2D eigenvalue weighted by atomic mass is 16.3. The maximum atomic E-state index is 8.80. The van der Waals surface area contributed by atoms with Crippen molar-refractivity contribution in [3.05, 3.63) is 0 Å². The predicted molar refractivity (Wildman–Crippen MR) is 48.8 cm³/mol. The minimum absolute atomic E-state index is 0.305. The number of hydrogen-bond donors (Lipinski definition) is 2. The Kier molecular flexibility index (Phi) is 3.13. The van der Waals surface area contributed by atoms with Crippen molar-refractivity contribution >= 4 is 0 Å². The Labute approximate surface area is 74.6 Å². The highest BCUT2D eigenvalue weighted by Gasteiger charge is 2.46. The van der Waals surface area contributed by atoms with Gasteiger partial charge in [0, 0.05) is 13.2 Å². The van der Waals surface area contributed by atoms with Gasteiger partial charge < -0.3 is 10.2 Å². The first-order valence-electron chi connectivity index (χ1n) is 4.84. The average Bonchev–Trinajstić information content (AvgIpc) is 2.03. The zero-order chi connectivity index (χ0) is 9.19. The van der Waals surface area contributed by atoms with Crippen LogP contribution in [-0.2, 0) is 0 Å². The molecule has 0 spiro atoms. The Morgan fingerprint density at radius 3 is 1.75 bits per heavy atom. The van der Waals surface area contributed by atoms with Gasteiger partial charge in [-0.2, -0.15) is 0 Å². The first kappa shape index (κ1) is 10.0. The largest absolute Gasteiger partial charge is 0.396 e. The van der Waals surface area contributed by atoms with Gasteiger partial charge in [0.05, 0.1) is 0 Å². The number of rotatable bonds is 4. The molecule has 0 aromatic heterocycles. The van der Waals surface area contributed by atoms with Crippen LogP contribution in [-0.4, -0.2) is 23.4 Å². The molecule has 0 heterocycles. The van der Waals surface area contributed by atoms with Gasteiger partial charge in [-0.3, -0.25) is 0 Å². The lowest BCUT2D eigenvalue weighted by Gasteiger charge is -2.52. The third-order valence-corrected chi connectivity index (χ3v) is 3.63. The van der Waals surface area contributed by atoms with E-state index in [4.69, 9.17) is 10.2 Å². The molecule has 0 saturated heterocycles. The summed E-state index contributed by atoms with van der Waals surface area (Å²) in [5.41, 5.74) is 0.339. The quantitative estimate of drug-likeness (QED) is 0.673. The van der Waals surface area contributed by atoms with Crippen LogP contribution in [0, 0.1) is 17.3 Å². The van der Waals surface area contributed by atoms with Gasteiger partial charge in [-0.1, -0.05) is 13.8 Å². The molecule has 0 aromatic rings. The van der Waals surface area contributed by atoms with Crippen LogP contribution in [0.1, 0.15) is 33.1 Å². The minimum atomic E-state index is 0.305. The van der Waals surface area contributed by atoms with Crippen molar-refractivity contribution < 1.29 is 10.2 Å². The molecule has 0 aromatic carbocycles. The number of aliphatic hydroxyl groups excluding tert-OH is 2. The third-order valence-electron chi connectivity index (χ3n) is 3.63. The highest BCUT2D eigenvalue weighted by molar-refractivity contribution is 4.95. The number of aliphatic hydroxyl groups is 2. The highest BCUT2D eigenvalue weighted by Crippen LogP contribution is 2.53. The molecule has 1 aliphatic rings. The molecule has 0 bridgehead atoms. The van der Waals surface area contributed by atoms with Gasteiger partial charge in [0.1, 0.15) is 0 Å². The lowest BCUT2D eigenvalue weighted by atomic mass is 9.53. The van der Waals surface area contributed by atoms with E-state index in [2.05, 4.69) is 13.8 Å². The second-order valence-electron chi connectivity index (χ2n) is 4.48. The number of hydrogen-bond acceptors (Lipinski definition) is 2. The van der Waals surface area contributed by atoms with Crippen LogP contribution in [0.15, 0.2) is 0 Å². The maximum Gasteiger partial charge on any atom is 0.0433 e. The normalized spacial score (nSPS) is 33.0. The summed E-state index contributed by atoms with van der Waals surface area (Å²) in [7, 11) is 0. The first-order chi connectivity index (χ1) is 5.62. The molecular weight excluding hydrogens is 152 g/mol. The maximum absolute atomic E-state index is 8.80. The van der Waals surface area contributed by atoms with Crippen LogP contribution >= 0.6 is 0 Å². The smallest absolute Gasteiger partial charge is 0.0433 e. The topological polar surface area (TPSA) is 40.5 Å². The van der Waals surface area contributed by atoms with Gasteiger partial charge in [0.25, 0.3) is 0 Å². The zero-order valence-electron chi connectivity index (χ0n) is 8.08. The van der Waals surface area contributed by atoms with E-state index in [1.807, 2.05) is 0 Å². The Bertz CT molecular complexity index is 129. The fourth-order valence-electron chi connectivity index (χ4n) is 2.42. The van der Waals surface area contributed by atoms with Crippen molar-refractivity contribution in [1.29, 1.82) is 0 Å². The fraction of sp³-hybridized carbons (Fsp3) is 1.00. The Morgan fingerprint density at radius 1 is 1.08 bits per heavy atom. The SMILES string of the molecule is CC1(C)[C@@H](CCO)C[C@@H]1CCO. The van der Waals surface area contributed by atoms with Crippen molar-refractivity contribution in [2.75, 3.05) is 13.2 Å². The molecule has 0 aliphatic heterocycles. The molecule has 1 saturated carbocycles. The molecule has 12 heavy (non-hydrogen) atoms. The summed E-state index contributed by atoms with van der Waals surface area (Å²) < 4.78 is 0. The van der Waals surface area contributed by atoms with Crippen molar-refractivity contribution in [3.63, 3.8) is 0 Å². The van der Waals surface area contributed by atoms with E-state index >= 15 is 0 Å². The van der Waals surface area contributed by atoms with Gasteiger partial charge in [0.2, 0.25) is 0 Å². The lowest BCUT2D eigenvalue weighted by molar-refractivity contribution is -0.0448. The minimum Gasteiger partial charge on any atom is -0.396 e. The molecule has 2 N–H and O–H groups in total. The molecule has 72 valence electrons. The standard InChI is InChI=1S/C10H20O2/c1-10(2)8(3-5-11)7-9(10)4-6-12/h8-9,11-12H,3-7H2,1-2H3/t8-,9-/m0/s1. The zero-order valence-corrected chi connectivity index (χ0v) is 8.08. The molecule has 2 nitrogen and oxygen atoms in total. The van der Waals surface area contributed by atoms with E-state index in [0.29, 0.717) is 30.5 Å². The molecule has 1 fully saturated rings. The molecule has 0 radical (unpaired) electrons. The van der Waals surface area contributed by atoms with Crippen molar-refractivity contribution in [3.8, 4) is 0 Å². The van der Waals surface area contributed by atoms with Crippen LogP contribution in [0.4, 0.5) is 0 Å². The van der Waals surface area contributed by atoms with Gasteiger partial charge in [-0.15, -0.1) is 0 Å². The van der Waals surface area contributed by atoms with Crippen LogP contribution in [0.5, 0.6) is 0 Å². The van der Waals surface area contributed by atoms with Crippen LogP contribution in [0.25, 0.3) is 0 Å². The van der Waals surface area contributed by atoms with Gasteiger partial charge in [-0.05, 0) is 36.5 Å². The van der Waals surface area contributed by atoms with E-state index in [1.165, 1.54) is 6.42 Å². The molecule has 0 amide bonds. The van der Waals surface area contributed by atoms with Crippen molar-refractivity contribution in [2.24, 2.45) is 17.3 Å². The van der Waals surface area contributed by atoms with E-state index in [1.54, 1.807) is 0 Å². The second-order valence-corrected chi connectivity index (χ2v) is 4.48. The Hall–Kier alpha value is -0.0800. The summed E-state index contributed by atoms with van der Waals surface area (Å²) in [5, 5.41) is 17.6. The molecule has 2 atom stereocenters. The lowest BCUT2D eigenvalue weighted by Crippen LogP contribution is -2.45. The Balaban J connectivity index is 2.36. The molecule has 1 rings (SSSR count). The fourth-order valence-corrected chi connectivity index (χ4v) is 2.42. The molecule has 1 aliphatic carbocycles.